The van der Waals surface area contributed by atoms with Gasteiger partial charge in [0, 0.05) is 0 Å². The van der Waals surface area contributed by atoms with Gasteiger partial charge in [-0.1, -0.05) is 29.5 Å². The van der Waals surface area contributed by atoms with Crippen LogP contribution in [-0.2, 0) is 12.8 Å². The van der Waals surface area contributed by atoms with Crippen molar-refractivity contribution in [2.24, 2.45) is 0 Å². The molecule has 1 aliphatic rings. The SMILES string of the molecule is O=Cc1cn(C2Cc3ccccc3C2)nn1. The molecule has 2 aromatic rings. The van der Waals surface area contributed by atoms with E-state index in [1.807, 2.05) is 0 Å². The number of aldehydes is 1. The minimum atomic E-state index is 0.304. The van der Waals surface area contributed by atoms with Gasteiger partial charge >= 0.3 is 0 Å². The Morgan fingerprint density at radius 3 is 2.50 bits per heavy atom. The lowest BCUT2D eigenvalue weighted by Crippen LogP contribution is -2.09. The summed E-state index contributed by atoms with van der Waals surface area (Å²) in [5.41, 5.74) is 3.14. The van der Waals surface area contributed by atoms with Crippen LogP contribution in [-0.4, -0.2) is 21.3 Å². The van der Waals surface area contributed by atoms with E-state index in [0.29, 0.717) is 11.7 Å². The summed E-state index contributed by atoms with van der Waals surface area (Å²) in [6.07, 6.45) is 4.38. The molecule has 0 amide bonds. The maximum Gasteiger partial charge on any atom is 0.171 e. The van der Waals surface area contributed by atoms with Crippen molar-refractivity contribution in [3.63, 3.8) is 0 Å². The summed E-state index contributed by atoms with van der Waals surface area (Å²) < 4.78 is 1.80. The minimum absolute atomic E-state index is 0.304. The van der Waals surface area contributed by atoms with Crippen LogP contribution in [0.15, 0.2) is 30.5 Å². The number of rotatable bonds is 2. The molecule has 4 heteroatoms. The summed E-state index contributed by atoms with van der Waals surface area (Å²) in [6.45, 7) is 0. The van der Waals surface area contributed by atoms with E-state index in [1.165, 1.54) is 11.1 Å². The molecule has 80 valence electrons. The summed E-state index contributed by atoms with van der Waals surface area (Å²) in [7, 11) is 0. The zero-order valence-corrected chi connectivity index (χ0v) is 8.71. The Hall–Kier alpha value is -1.97. The smallest absolute Gasteiger partial charge is 0.171 e. The molecular weight excluding hydrogens is 202 g/mol. The molecule has 0 atom stereocenters. The molecule has 1 aliphatic carbocycles. The topological polar surface area (TPSA) is 47.8 Å². The first kappa shape index (κ1) is 9.27. The number of benzene rings is 1. The average Bonchev–Trinajstić information content (AvgIpc) is 2.95. The third-order valence-electron chi connectivity index (χ3n) is 3.05. The highest BCUT2D eigenvalue weighted by atomic mass is 16.1. The largest absolute Gasteiger partial charge is 0.296 e. The van der Waals surface area contributed by atoms with Crippen molar-refractivity contribution in [3.8, 4) is 0 Å². The number of fused-ring (bicyclic) bond motifs is 1. The lowest BCUT2D eigenvalue weighted by atomic mass is 10.1. The lowest BCUT2D eigenvalue weighted by molar-refractivity contribution is 0.111. The summed E-state index contributed by atoms with van der Waals surface area (Å²) in [6, 6.07) is 8.71. The molecule has 0 saturated carbocycles. The fourth-order valence-electron chi connectivity index (χ4n) is 2.25. The standard InChI is InChI=1S/C12H11N3O/c16-8-11-7-15(14-13-11)12-5-9-3-1-2-4-10(9)6-12/h1-4,7-8,12H,5-6H2. The monoisotopic (exact) mass is 213 g/mol. The van der Waals surface area contributed by atoms with Crippen molar-refractivity contribution in [3.05, 3.63) is 47.3 Å². The normalized spacial score (nSPS) is 15.0. The zero-order valence-electron chi connectivity index (χ0n) is 8.71. The molecule has 4 nitrogen and oxygen atoms in total. The fourth-order valence-corrected chi connectivity index (χ4v) is 2.25. The quantitative estimate of drug-likeness (QED) is 0.709. The highest BCUT2D eigenvalue weighted by Crippen LogP contribution is 2.29. The maximum atomic E-state index is 10.5. The Kier molecular flexibility index (Phi) is 2.06. The zero-order chi connectivity index (χ0) is 11.0. The summed E-state index contributed by atoms with van der Waals surface area (Å²) in [4.78, 5) is 10.5. The molecule has 1 heterocycles. The van der Waals surface area contributed by atoms with E-state index in [9.17, 15) is 4.79 Å². The number of hydrogen-bond donors (Lipinski definition) is 0. The van der Waals surface area contributed by atoms with Crippen molar-refractivity contribution >= 4 is 6.29 Å². The van der Waals surface area contributed by atoms with Gasteiger partial charge in [0.15, 0.2) is 6.29 Å². The van der Waals surface area contributed by atoms with Gasteiger partial charge in [-0.05, 0) is 24.0 Å². The maximum absolute atomic E-state index is 10.5. The van der Waals surface area contributed by atoms with E-state index < -0.39 is 0 Å². The fraction of sp³-hybridized carbons (Fsp3) is 0.250. The molecule has 1 aromatic carbocycles. The number of carbonyl (C=O) groups is 1. The summed E-state index contributed by atoms with van der Waals surface area (Å²) in [5, 5.41) is 7.77. The van der Waals surface area contributed by atoms with Crippen molar-refractivity contribution in [2.45, 2.75) is 18.9 Å². The molecule has 0 radical (unpaired) electrons. The van der Waals surface area contributed by atoms with Crippen molar-refractivity contribution in [2.75, 3.05) is 0 Å². The highest BCUT2D eigenvalue weighted by molar-refractivity contribution is 5.70. The molecule has 3 rings (SSSR count). The summed E-state index contributed by atoms with van der Waals surface area (Å²) in [5.74, 6) is 0. The third-order valence-corrected chi connectivity index (χ3v) is 3.05. The number of nitrogens with zero attached hydrogens (tertiary/aromatic N) is 3. The van der Waals surface area contributed by atoms with Gasteiger partial charge in [0.2, 0.25) is 0 Å². The Bertz CT molecular complexity index is 508. The molecule has 0 spiro atoms. The lowest BCUT2D eigenvalue weighted by Gasteiger charge is -2.07. The molecule has 0 bridgehead atoms. The predicted octanol–water partition coefficient (Wildman–Crippen LogP) is 1.43. The number of aromatic nitrogens is 3. The van der Waals surface area contributed by atoms with Gasteiger partial charge in [0.25, 0.3) is 0 Å². The first-order valence-electron chi connectivity index (χ1n) is 5.30. The molecule has 0 aliphatic heterocycles. The van der Waals surface area contributed by atoms with Crippen LogP contribution < -0.4 is 0 Å². The van der Waals surface area contributed by atoms with Crippen molar-refractivity contribution < 1.29 is 4.79 Å². The molecule has 0 N–H and O–H groups in total. The second-order valence-electron chi connectivity index (χ2n) is 4.07. The Morgan fingerprint density at radius 1 is 1.25 bits per heavy atom. The van der Waals surface area contributed by atoms with E-state index in [1.54, 1.807) is 10.9 Å². The van der Waals surface area contributed by atoms with Gasteiger partial charge in [-0.2, -0.15) is 0 Å². The first-order chi connectivity index (χ1) is 7.86. The molecular formula is C12H11N3O. The van der Waals surface area contributed by atoms with Crippen molar-refractivity contribution in [1.29, 1.82) is 0 Å². The number of hydrogen-bond acceptors (Lipinski definition) is 3. The average molecular weight is 213 g/mol. The molecule has 0 unspecified atom stereocenters. The second kappa shape index (κ2) is 3.56. The summed E-state index contributed by atoms with van der Waals surface area (Å²) >= 11 is 0. The first-order valence-corrected chi connectivity index (χ1v) is 5.30. The highest BCUT2D eigenvalue weighted by Gasteiger charge is 2.23. The molecule has 0 saturated heterocycles. The van der Waals surface area contributed by atoms with Gasteiger partial charge in [-0.15, -0.1) is 5.10 Å². The van der Waals surface area contributed by atoms with Crippen LogP contribution in [0.4, 0.5) is 0 Å². The van der Waals surface area contributed by atoms with Crippen molar-refractivity contribution in [1.82, 2.24) is 15.0 Å². The van der Waals surface area contributed by atoms with Gasteiger partial charge in [0.1, 0.15) is 5.69 Å². The Labute approximate surface area is 92.9 Å². The molecule has 16 heavy (non-hydrogen) atoms. The van der Waals surface area contributed by atoms with Crippen LogP contribution in [0.3, 0.4) is 0 Å². The minimum Gasteiger partial charge on any atom is -0.296 e. The Balaban J connectivity index is 1.88. The van der Waals surface area contributed by atoms with Crippen LogP contribution in [0.25, 0.3) is 0 Å². The van der Waals surface area contributed by atoms with E-state index in [4.69, 9.17) is 0 Å². The number of carbonyl (C=O) groups excluding carboxylic acids is 1. The van der Waals surface area contributed by atoms with E-state index in [-0.39, 0.29) is 0 Å². The van der Waals surface area contributed by atoms with Crippen LogP contribution in [0, 0.1) is 0 Å². The van der Waals surface area contributed by atoms with E-state index in [0.717, 1.165) is 19.1 Å². The van der Waals surface area contributed by atoms with Gasteiger partial charge in [0.05, 0.1) is 12.2 Å². The van der Waals surface area contributed by atoms with Gasteiger partial charge in [-0.25, -0.2) is 4.68 Å². The third kappa shape index (κ3) is 1.43. The van der Waals surface area contributed by atoms with Gasteiger partial charge < -0.3 is 0 Å². The predicted molar refractivity (Wildman–Crippen MR) is 58.3 cm³/mol. The van der Waals surface area contributed by atoms with E-state index in [2.05, 4.69) is 34.6 Å². The second-order valence-corrected chi connectivity index (χ2v) is 4.07. The molecule has 0 fully saturated rings. The van der Waals surface area contributed by atoms with Crippen LogP contribution in [0.5, 0.6) is 0 Å². The molecule has 1 aromatic heterocycles. The van der Waals surface area contributed by atoms with Crippen LogP contribution >= 0.6 is 0 Å². The van der Waals surface area contributed by atoms with Crippen LogP contribution in [0.2, 0.25) is 0 Å². The Morgan fingerprint density at radius 2 is 1.94 bits per heavy atom. The van der Waals surface area contributed by atoms with Crippen LogP contribution in [0.1, 0.15) is 27.7 Å². The van der Waals surface area contributed by atoms with E-state index >= 15 is 0 Å². The van der Waals surface area contributed by atoms with Gasteiger partial charge in [-0.3, -0.25) is 4.79 Å².